The van der Waals surface area contributed by atoms with Gasteiger partial charge in [0.25, 0.3) is 5.91 Å². The summed E-state index contributed by atoms with van der Waals surface area (Å²) in [5, 5.41) is 0.580. The standard InChI is InChI=1S/C13H14Br2ClNO/c1-8-7-17(3-2-12(8)15)13(18)9-4-10(14)6-11(16)5-9/h4-6,8,12H,2-3,7H2,1H3. The lowest BCUT2D eigenvalue weighted by atomic mass is 9.99. The van der Waals surface area contributed by atoms with Gasteiger partial charge in [-0.1, -0.05) is 50.4 Å². The molecule has 1 heterocycles. The summed E-state index contributed by atoms with van der Waals surface area (Å²) in [5.74, 6) is 0.537. The fourth-order valence-electron chi connectivity index (χ4n) is 2.16. The molecule has 2 atom stereocenters. The van der Waals surface area contributed by atoms with E-state index in [4.69, 9.17) is 11.6 Å². The van der Waals surface area contributed by atoms with E-state index in [-0.39, 0.29) is 5.91 Å². The molecule has 0 aliphatic carbocycles. The number of hydrogen-bond acceptors (Lipinski definition) is 1. The average molecular weight is 396 g/mol. The zero-order valence-electron chi connectivity index (χ0n) is 10.00. The number of alkyl halides is 1. The van der Waals surface area contributed by atoms with Crippen molar-refractivity contribution in [3.05, 3.63) is 33.3 Å². The lowest BCUT2D eigenvalue weighted by Gasteiger charge is -2.34. The van der Waals surface area contributed by atoms with Gasteiger partial charge in [-0.15, -0.1) is 0 Å². The normalized spacial score (nSPS) is 24.1. The van der Waals surface area contributed by atoms with Crippen molar-refractivity contribution >= 4 is 49.4 Å². The van der Waals surface area contributed by atoms with Crippen molar-refractivity contribution in [2.24, 2.45) is 5.92 Å². The van der Waals surface area contributed by atoms with E-state index in [9.17, 15) is 4.79 Å². The maximum absolute atomic E-state index is 12.4. The molecule has 0 saturated carbocycles. The van der Waals surface area contributed by atoms with Crippen LogP contribution >= 0.6 is 43.5 Å². The van der Waals surface area contributed by atoms with Crippen molar-refractivity contribution in [1.29, 1.82) is 0 Å². The van der Waals surface area contributed by atoms with Crippen LogP contribution in [0.5, 0.6) is 0 Å². The Morgan fingerprint density at radius 3 is 2.78 bits per heavy atom. The molecule has 98 valence electrons. The Labute approximate surface area is 129 Å². The van der Waals surface area contributed by atoms with Gasteiger partial charge in [-0.25, -0.2) is 0 Å². The van der Waals surface area contributed by atoms with Gasteiger partial charge in [-0.2, -0.15) is 0 Å². The molecule has 1 aliphatic heterocycles. The summed E-state index contributed by atoms with van der Waals surface area (Å²) in [6, 6.07) is 5.32. The molecule has 1 saturated heterocycles. The molecule has 1 aromatic carbocycles. The van der Waals surface area contributed by atoms with E-state index in [0.717, 1.165) is 24.0 Å². The highest BCUT2D eigenvalue weighted by Crippen LogP contribution is 2.26. The molecule has 18 heavy (non-hydrogen) atoms. The molecule has 0 radical (unpaired) electrons. The van der Waals surface area contributed by atoms with Crippen molar-refractivity contribution < 1.29 is 4.79 Å². The van der Waals surface area contributed by atoms with E-state index >= 15 is 0 Å². The lowest BCUT2D eigenvalue weighted by molar-refractivity contribution is 0.0690. The fraction of sp³-hybridized carbons (Fsp3) is 0.462. The number of halogens is 3. The molecule has 2 rings (SSSR count). The zero-order valence-corrected chi connectivity index (χ0v) is 13.9. The quantitative estimate of drug-likeness (QED) is 0.648. The summed E-state index contributed by atoms with van der Waals surface area (Å²) in [5.41, 5.74) is 0.648. The average Bonchev–Trinajstić information content (AvgIpc) is 2.30. The predicted octanol–water partition coefficient (Wildman–Crippen LogP) is 4.35. The molecular formula is C13H14Br2ClNO. The highest BCUT2D eigenvalue weighted by molar-refractivity contribution is 9.10. The van der Waals surface area contributed by atoms with Crippen molar-refractivity contribution in [2.75, 3.05) is 13.1 Å². The first-order valence-corrected chi connectivity index (χ1v) is 7.95. The Balaban J connectivity index is 2.16. The molecule has 2 nitrogen and oxygen atoms in total. The van der Waals surface area contributed by atoms with Crippen LogP contribution in [0.1, 0.15) is 23.7 Å². The second kappa shape index (κ2) is 5.93. The second-order valence-electron chi connectivity index (χ2n) is 4.69. The van der Waals surface area contributed by atoms with E-state index in [0.29, 0.717) is 21.3 Å². The monoisotopic (exact) mass is 393 g/mol. The Hall–Kier alpha value is -0.0600. The number of likely N-dealkylation sites (tertiary alicyclic amines) is 1. The van der Waals surface area contributed by atoms with Gasteiger partial charge >= 0.3 is 0 Å². The molecule has 1 aliphatic rings. The van der Waals surface area contributed by atoms with Crippen molar-refractivity contribution in [1.82, 2.24) is 4.90 Å². The highest BCUT2D eigenvalue weighted by atomic mass is 79.9. The third-order valence-corrected chi connectivity index (χ3v) is 5.23. The molecular weight excluding hydrogens is 381 g/mol. The van der Waals surface area contributed by atoms with Gasteiger partial charge in [0, 0.05) is 33.0 Å². The van der Waals surface area contributed by atoms with Crippen LogP contribution in [0.3, 0.4) is 0 Å². The minimum atomic E-state index is 0.0597. The van der Waals surface area contributed by atoms with E-state index in [2.05, 4.69) is 38.8 Å². The molecule has 1 amide bonds. The largest absolute Gasteiger partial charge is 0.338 e. The van der Waals surface area contributed by atoms with E-state index in [1.165, 1.54) is 0 Å². The SMILES string of the molecule is CC1CN(C(=O)c2cc(Cl)cc(Br)c2)CCC1Br. The van der Waals surface area contributed by atoms with Crippen LogP contribution in [0.2, 0.25) is 5.02 Å². The summed E-state index contributed by atoms with van der Waals surface area (Å²) < 4.78 is 0.835. The minimum Gasteiger partial charge on any atom is -0.338 e. The minimum absolute atomic E-state index is 0.0597. The lowest BCUT2D eigenvalue weighted by Crippen LogP contribution is -2.43. The zero-order chi connectivity index (χ0) is 13.3. The smallest absolute Gasteiger partial charge is 0.253 e. The van der Waals surface area contributed by atoms with Crippen LogP contribution in [0, 0.1) is 5.92 Å². The van der Waals surface area contributed by atoms with Gasteiger partial charge in [0.1, 0.15) is 0 Å². The van der Waals surface area contributed by atoms with Gasteiger partial charge in [0.05, 0.1) is 0 Å². The maximum atomic E-state index is 12.4. The third-order valence-electron chi connectivity index (χ3n) is 3.20. The van der Waals surface area contributed by atoms with Crippen LogP contribution in [0.25, 0.3) is 0 Å². The number of piperidine rings is 1. The highest BCUT2D eigenvalue weighted by Gasteiger charge is 2.27. The molecule has 0 N–H and O–H groups in total. The summed E-state index contributed by atoms with van der Waals surface area (Å²) in [4.78, 5) is 14.8. The number of benzene rings is 1. The van der Waals surface area contributed by atoms with Gasteiger partial charge in [0.2, 0.25) is 0 Å². The van der Waals surface area contributed by atoms with Gasteiger partial charge in [-0.3, -0.25) is 4.79 Å². The number of carbonyl (C=O) groups is 1. The maximum Gasteiger partial charge on any atom is 0.253 e. The van der Waals surface area contributed by atoms with Crippen molar-refractivity contribution in [3.63, 3.8) is 0 Å². The summed E-state index contributed by atoms with van der Waals surface area (Å²) in [7, 11) is 0. The number of amides is 1. The Morgan fingerprint density at radius 1 is 1.44 bits per heavy atom. The fourth-order valence-corrected chi connectivity index (χ4v) is 3.39. The van der Waals surface area contributed by atoms with Gasteiger partial charge in [0.15, 0.2) is 0 Å². The van der Waals surface area contributed by atoms with E-state index < -0.39 is 0 Å². The summed E-state index contributed by atoms with van der Waals surface area (Å²) in [6.45, 7) is 3.74. The first-order valence-electron chi connectivity index (χ1n) is 5.87. The summed E-state index contributed by atoms with van der Waals surface area (Å²) in [6.07, 6.45) is 0.995. The van der Waals surface area contributed by atoms with Gasteiger partial charge < -0.3 is 4.90 Å². The van der Waals surface area contributed by atoms with Crippen LogP contribution < -0.4 is 0 Å². The number of nitrogens with zero attached hydrogens (tertiary/aromatic N) is 1. The molecule has 0 aromatic heterocycles. The third kappa shape index (κ3) is 3.28. The van der Waals surface area contributed by atoms with E-state index in [1.807, 2.05) is 11.0 Å². The molecule has 1 aromatic rings. The first kappa shape index (κ1) is 14.4. The van der Waals surface area contributed by atoms with Crippen molar-refractivity contribution in [2.45, 2.75) is 18.2 Å². The van der Waals surface area contributed by atoms with Crippen molar-refractivity contribution in [3.8, 4) is 0 Å². The molecule has 0 spiro atoms. The van der Waals surface area contributed by atoms with Crippen LogP contribution in [0.4, 0.5) is 0 Å². The number of carbonyl (C=O) groups excluding carboxylic acids is 1. The van der Waals surface area contributed by atoms with Crippen LogP contribution in [-0.2, 0) is 0 Å². The second-order valence-corrected chi connectivity index (χ2v) is 7.22. The number of hydrogen-bond donors (Lipinski definition) is 0. The Morgan fingerprint density at radius 2 is 2.17 bits per heavy atom. The number of rotatable bonds is 1. The Kier molecular flexibility index (Phi) is 4.73. The summed E-state index contributed by atoms with van der Waals surface area (Å²) >= 11 is 13.0. The Bertz CT molecular complexity index is 446. The van der Waals surface area contributed by atoms with Gasteiger partial charge in [-0.05, 0) is 30.5 Å². The van der Waals surface area contributed by atoms with Crippen LogP contribution in [0.15, 0.2) is 22.7 Å². The predicted molar refractivity (Wildman–Crippen MR) is 81.6 cm³/mol. The van der Waals surface area contributed by atoms with E-state index in [1.54, 1.807) is 12.1 Å². The molecule has 0 bridgehead atoms. The molecule has 2 unspecified atom stereocenters. The topological polar surface area (TPSA) is 20.3 Å². The first-order chi connectivity index (χ1) is 8.47. The van der Waals surface area contributed by atoms with Crippen LogP contribution in [-0.4, -0.2) is 28.7 Å². The molecule has 1 fully saturated rings. The molecule has 5 heteroatoms.